The summed E-state index contributed by atoms with van der Waals surface area (Å²) in [7, 11) is 1.81. The molecule has 1 fully saturated rings. The zero-order valence-electron chi connectivity index (χ0n) is 8.27. The molecule has 0 aliphatic carbocycles. The maximum absolute atomic E-state index is 11.5. The average molecular weight is 195 g/mol. The number of anilines is 1. The fourth-order valence-electron chi connectivity index (χ4n) is 1.77. The van der Waals surface area contributed by atoms with Crippen molar-refractivity contribution < 1.29 is 9.90 Å². The quantitative estimate of drug-likeness (QED) is 0.676. The Morgan fingerprint density at radius 3 is 2.79 bits per heavy atom. The van der Waals surface area contributed by atoms with E-state index in [0.717, 1.165) is 11.4 Å². The van der Waals surface area contributed by atoms with Crippen molar-refractivity contribution >= 4 is 11.6 Å². The maximum Gasteiger partial charge on any atom is 0.229 e. The number of nitrogens with zero attached hydrogens (tertiary/aromatic N) is 3. The van der Waals surface area contributed by atoms with Crippen LogP contribution in [-0.4, -0.2) is 33.4 Å². The van der Waals surface area contributed by atoms with Crippen LogP contribution >= 0.6 is 0 Å². The molecule has 0 saturated carbocycles. The van der Waals surface area contributed by atoms with Gasteiger partial charge in [-0.1, -0.05) is 0 Å². The summed E-state index contributed by atoms with van der Waals surface area (Å²) < 4.78 is 1.67. The predicted molar refractivity (Wildman–Crippen MR) is 50.9 cm³/mol. The Kier molecular flexibility index (Phi) is 2.03. The standard InChI is InChI=1S/C9H13N3O2/c1-6-8(5-11(2)10-6)12-4-7(13)3-9(12)14/h5,7,13H,3-4H2,1-2H3. The van der Waals surface area contributed by atoms with Crippen LogP contribution in [0.25, 0.3) is 0 Å². The average Bonchev–Trinajstić information content (AvgIpc) is 2.55. The largest absolute Gasteiger partial charge is 0.391 e. The summed E-state index contributed by atoms with van der Waals surface area (Å²) in [6, 6.07) is 0. The van der Waals surface area contributed by atoms with Gasteiger partial charge in [-0.3, -0.25) is 9.48 Å². The number of rotatable bonds is 1. The van der Waals surface area contributed by atoms with E-state index in [1.807, 2.05) is 14.0 Å². The van der Waals surface area contributed by atoms with E-state index in [1.165, 1.54) is 0 Å². The highest BCUT2D eigenvalue weighted by Gasteiger charge is 2.30. The lowest BCUT2D eigenvalue weighted by Crippen LogP contribution is -2.25. The van der Waals surface area contributed by atoms with Crippen molar-refractivity contribution in [2.24, 2.45) is 7.05 Å². The first-order valence-electron chi connectivity index (χ1n) is 4.56. The minimum atomic E-state index is -0.540. The summed E-state index contributed by atoms with van der Waals surface area (Å²) in [5, 5.41) is 13.5. The van der Waals surface area contributed by atoms with Crippen molar-refractivity contribution in [1.29, 1.82) is 0 Å². The van der Waals surface area contributed by atoms with E-state index in [9.17, 15) is 9.90 Å². The molecular weight excluding hydrogens is 182 g/mol. The van der Waals surface area contributed by atoms with E-state index in [4.69, 9.17) is 0 Å². The molecule has 0 bridgehead atoms. The van der Waals surface area contributed by atoms with Crippen LogP contribution in [0.1, 0.15) is 12.1 Å². The van der Waals surface area contributed by atoms with E-state index in [1.54, 1.807) is 15.8 Å². The lowest BCUT2D eigenvalue weighted by atomic mass is 10.3. The molecule has 14 heavy (non-hydrogen) atoms. The number of β-amino-alcohol motifs (C(OH)–C–C–N with tert-alkyl or cyclic N) is 1. The van der Waals surface area contributed by atoms with Crippen LogP contribution in [0, 0.1) is 6.92 Å². The molecule has 0 aromatic carbocycles. The number of aryl methyl sites for hydroxylation is 2. The monoisotopic (exact) mass is 195 g/mol. The van der Waals surface area contributed by atoms with Gasteiger partial charge in [0.05, 0.1) is 30.5 Å². The first-order valence-corrected chi connectivity index (χ1v) is 4.56. The normalized spacial score (nSPS) is 22.1. The number of aromatic nitrogens is 2. The molecule has 1 aromatic heterocycles. The molecule has 5 heteroatoms. The van der Waals surface area contributed by atoms with Gasteiger partial charge in [-0.05, 0) is 6.92 Å². The number of carbonyl (C=O) groups is 1. The highest BCUT2D eigenvalue weighted by Crippen LogP contribution is 2.23. The van der Waals surface area contributed by atoms with Crippen molar-refractivity contribution in [3.63, 3.8) is 0 Å². The van der Waals surface area contributed by atoms with Crippen LogP contribution in [-0.2, 0) is 11.8 Å². The summed E-state index contributed by atoms with van der Waals surface area (Å²) in [6.07, 6.45) is 1.47. The van der Waals surface area contributed by atoms with Crippen molar-refractivity contribution in [2.75, 3.05) is 11.4 Å². The van der Waals surface area contributed by atoms with Crippen LogP contribution in [0.4, 0.5) is 5.69 Å². The molecule has 1 atom stereocenters. The summed E-state index contributed by atoms with van der Waals surface area (Å²) >= 11 is 0. The minimum Gasteiger partial charge on any atom is -0.391 e. The predicted octanol–water partition coefficient (Wildman–Crippen LogP) is -0.174. The van der Waals surface area contributed by atoms with Crippen LogP contribution in [0.5, 0.6) is 0 Å². The lowest BCUT2D eigenvalue weighted by molar-refractivity contribution is -0.117. The number of aliphatic hydroxyl groups is 1. The Bertz CT molecular complexity index is 372. The molecule has 2 rings (SSSR count). The molecule has 1 N–H and O–H groups in total. The summed E-state index contributed by atoms with van der Waals surface area (Å²) in [4.78, 5) is 13.1. The molecule has 76 valence electrons. The maximum atomic E-state index is 11.5. The van der Waals surface area contributed by atoms with Gasteiger partial charge in [-0.2, -0.15) is 5.10 Å². The van der Waals surface area contributed by atoms with E-state index in [0.29, 0.717) is 6.54 Å². The number of carbonyl (C=O) groups excluding carboxylic acids is 1. The van der Waals surface area contributed by atoms with Crippen LogP contribution < -0.4 is 4.90 Å². The molecule has 0 spiro atoms. The number of hydrogen-bond acceptors (Lipinski definition) is 3. The highest BCUT2D eigenvalue weighted by molar-refractivity contribution is 5.96. The third-order valence-electron chi connectivity index (χ3n) is 2.38. The summed E-state index contributed by atoms with van der Waals surface area (Å²) in [5.74, 6) is -0.0337. The Hall–Kier alpha value is -1.36. The van der Waals surface area contributed by atoms with Gasteiger partial charge in [0.15, 0.2) is 0 Å². The van der Waals surface area contributed by atoms with Gasteiger partial charge in [-0.15, -0.1) is 0 Å². The van der Waals surface area contributed by atoms with Gasteiger partial charge in [0.25, 0.3) is 0 Å². The molecule has 0 radical (unpaired) electrons. The van der Waals surface area contributed by atoms with E-state index < -0.39 is 6.10 Å². The Morgan fingerprint density at radius 2 is 2.36 bits per heavy atom. The van der Waals surface area contributed by atoms with Crippen LogP contribution in [0.15, 0.2) is 6.20 Å². The van der Waals surface area contributed by atoms with Gasteiger partial charge in [0, 0.05) is 13.2 Å². The van der Waals surface area contributed by atoms with Crippen molar-refractivity contribution in [3.05, 3.63) is 11.9 Å². The van der Waals surface area contributed by atoms with Crippen LogP contribution in [0.3, 0.4) is 0 Å². The molecule has 1 amide bonds. The molecule has 1 aliphatic rings. The third-order valence-corrected chi connectivity index (χ3v) is 2.38. The van der Waals surface area contributed by atoms with Crippen LogP contribution in [0.2, 0.25) is 0 Å². The Morgan fingerprint density at radius 1 is 1.64 bits per heavy atom. The van der Waals surface area contributed by atoms with Gasteiger partial charge < -0.3 is 10.0 Å². The van der Waals surface area contributed by atoms with Crippen molar-refractivity contribution in [3.8, 4) is 0 Å². The molecular formula is C9H13N3O2. The first kappa shape index (κ1) is 9.21. The Labute approximate surface area is 81.9 Å². The zero-order chi connectivity index (χ0) is 10.3. The van der Waals surface area contributed by atoms with Gasteiger partial charge in [-0.25, -0.2) is 0 Å². The second-order valence-electron chi connectivity index (χ2n) is 3.64. The fourth-order valence-corrected chi connectivity index (χ4v) is 1.77. The molecule has 1 saturated heterocycles. The second-order valence-corrected chi connectivity index (χ2v) is 3.64. The highest BCUT2D eigenvalue weighted by atomic mass is 16.3. The fraction of sp³-hybridized carbons (Fsp3) is 0.556. The number of amides is 1. The SMILES string of the molecule is Cc1nn(C)cc1N1CC(O)CC1=O. The molecule has 1 aliphatic heterocycles. The smallest absolute Gasteiger partial charge is 0.229 e. The topological polar surface area (TPSA) is 58.4 Å². The summed E-state index contributed by atoms with van der Waals surface area (Å²) in [5.41, 5.74) is 1.61. The summed E-state index contributed by atoms with van der Waals surface area (Å²) in [6.45, 7) is 2.23. The van der Waals surface area contributed by atoms with E-state index >= 15 is 0 Å². The zero-order valence-corrected chi connectivity index (χ0v) is 8.27. The second kappa shape index (κ2) is 3.09. The lowest BCUT2D eigenvalue weighted by Gasteiger charge is -2.13. The van der Waals surface area contributed by atoms with E-state index in [-0.39, 0.29) is 12.3 Å². The van der Waals surface area contributed by atoms with Gasteiger partial charge >= 0.3 is 0 Å². The molecule has 1 aromatic rings. The third kappa shape index (κ3) is 1.39. The minimum absolute atomic E-state index is 0.0337. The number of aliphatic hydroxyl groups excluding tert-OH is 1. The van der Waals surface area contributed by atoms with E-state index in [2.05, 4.69) is 5.10 Å². The van der Waals surface area contributed by atoms with Crippen molar-refractivity contribution in [2.45, 2.75) is 19.4 Å². The Balaban J connectivity index is 2.31. The molecule has 2 heterocycles. The molecule has 5 nitrogen and oxygen atoms in total. The number of hydrogen-bond donors (Lipinski definition) is 1. The van der Waals surface area contributed by atoms with Gasteiger partial charge in [0.1, 0.15) is 0 Å². The van der Waals surface area contributed by atoms with Gasteiger partial charge in [0.2, 0.25) is 5.91 Å². The molecule has 1 unspecified atom stereocenters. The first-order chi connectivity index (χ1) is 6.58. The van der Waals surface area contributed by atoms with Crippen molar-refractivity contribution in [1.82, 2.24) is 9.78 Å².